The highest BCUT2D eigenvalue weighted by Gasteiger charge is 2.35. The number of anilines is 1. The molecule has 1 amide bonds. The average Bonchev–Trinajstić information content (AvgIpc) is 3.42. The second-order valence-electron chi connectivity index (χ2n) is 7.72. The Morgan fingerprint density at radius 1 is 1.16 bits per heavy atom. The van der Waals surface area contributed by atoms with Gasteiger partial charge in [0.15, 0.2) is 0 Å². The van der Waals surface area contributed by atoms with Crippen molar-refractivity contribution in [3.8, 4) is 0 Å². The third kappa shape index (κ3) is 4.14. The van der Waals surface area contributed by atoms with Crippen LogP contribution in [0.3, 0.4) is 0 Å². The normalized spacial score (nSPS) is 24.2. The van der Waals surface area contributed by atoms with Crippen LogP contribution < -0.4 is 4.90 Å². The summed E-state index contributed by atoms with van der Waals surface area (Å²) >= 11 is 0. The highest BCUT2D eigenvalue weighted by atomic mass is 16.5. The fraction of sp³-hybridized carbons (Fsp3) is 0.700. The van der Waals surface area contributed by atoms with Crippen LogP contribution in [0.15, 0.2) is 18.3 Å². The number of ether oxygens (including phenoxy) is 1. The van der Waals surface area contributed by atoms with E-state index in [0.29, 0.717) is 12.0 Å². The van der Waals surface area contributed by atoms with Crippen LogP contribution in [-0.4, -0.2) is 54.7 Å². The lowest BCUT2D eigenvalue weighted by Gasteiger charge is -2.26. The molecule has 4 rings (SSSR count). The Labute approximate surface area is 150 Å². The molecule has 0 spiro atoms. The fourth-order valence-corrected chi connectivity index (χ4v) is 3.95. The Morgan fingerprint density at radius 2 is 1.96 bits per heavy atom. The maximum atomic E-state index is 13.0. The molecule has 0 unspecified atom stereocenters. The number of rotatable bonds is 5. The molecular weight excluding hydrogens is 314 g/mol. The number of amides is 1. The number of carbonyl (C=O) groups excluding carboxylic acids is 1. The molecule has 0 aromatic carbocycles. The van der Waals surface area contributed by atoms with E-state index in [1.54, 1.807) is 6.20 Å². The molecule has 0 bridgehead atoms. The van der Waals surface area contributed by atoms with Crippen molar-refractivity contribution in [2.24, 2.45) is 5.92 Å². The SMILES string of the molecule is O=C(c1ccc(N2CCCCCC2)nc1)N(C[C@@H]1CCOC1)C1CC1. The molecule has 5 nitrogen and oxygen atoms in total. The standard InChI is InChI=1S/C20H29N3O2/c24-20(23(18-6-7-18)14-16-9-12-25-15-16)17-5-8-19(21-13-17)22-10-3-1-2-4-11-22/h5,8,13,16,18H,1-4,6-7,9-12,14-15H2/t16-/m0/s1. The minimum Gasteiger partial charge on any atom is -0.381 e. The van der Waals surface area contributed by atoms with Crippen molar-refractivity contribution >= 4 is 11.7 Å². The van der Waals surface area contributed by atoms with Gasteiger partial charge in [-0.15, -0.1) is 0 Å². The van der Waals surface area contributed by atoms with Gasteiger partial charge in [-0.1, -0.05) is 12.8 Å². The summed E-state index contributed by atoms with van der Waals surface area (Å²) < 4.78 is 5.48. The first-order chi connectivity index (χ1) is 12.3. The predicted octanol–water partition coefficient (Wildman–Crippen LogP) is 3.10. The highest BCUT2D eigenvalue weighted by Crippen LogP contribution is 2.30. The van der Waals surface area contributed by atoms with Gasteiger partial charge in [-0.25, -0.2) is 4.98 Å². The molecule has 0 N–H and O–H groups in total. The molecule has 3 aliphatic rings. The first-order valence-electron chi connectivity index (χ1n) is 9.91. The van der Waals surface area contributed by atoms with Gasteiger partial charge < -0.3 is 14.5 Å². The molecular formula is C20H29N3O2. The fourth-order valence-electron chi connectivity index (χ4n) is 3.95. The molecule has 1 saturated carbocycles. The van der Waals surface area contributed by atoms with Gasteiger partial charge in [0.25, 0.3) is 5.91 Å². The molecule has 5 heteroatoms. The van der Waals surface area contributed by atoms with Crippen molar-refractivity contribution in [3.05, 3.63) is 23.9 Å². The molecule has 1 aromatic heterocycles. The molecule has 1 aromatic rings. The minimum absolute atomic E-state index is 0.143. The largest absolute Gasteiger partial charge is 0.381 e. The number of pyridine rings is 1. The zero-order valence-electron chi connectivity index (χ0n) is 15.0. The summed E-state index contributed by atoms with van der Waals surface area (Å²) in [6.45, 7) is 4.62. The van der Waals surface area contributed by atoms with Crippen LogP contribution in [0.2, 0.25) is 0 Å². The molecule has 1 atom stereocenters. The van der Waals surface area contributed by atoms with E-state index < -0.39 is 0 Å². The summed E-state index contributed by atoms with van der Waals surface area (Å²) in [5.74, 6) is 1.65. The summed E-state index contributed by atoms with van der Waals surface area (Å²) in [4.78, 5) is 22.0. The number of nitrogens with zero attached hydrogens (tertiary/aromatic N) is 3. The Bertz CT molecular complexity index is 571. The number of hydrogen-bond donors (Lipinski definition) is 0. The van der Waals surface area contributed by atoms with Gasteiger partial charge in [0.2, 0.25) is 0 Å². The first kappa shape index (κ1) is 16.8. The van der Waals surface area contributed by atoms with Gasteiger partial charge in [-0.05, 0) is 44.2 Å². The Morgan fingerprint density at radius 3 is 2.56 bits per heavy atom. The zero-order chi connectivity index (χ0) is 17.1. The second kappa shape index (κ2) is 7.73. The summed E-state index contributed by atoms with van der Waals surface area (Å²) in [7, 11) is 0. The van der Waals surface area contributed by atoms with Crippen molar-refractivity contribution in [1.29, 1.82) is 0 Å². The van der Waals surface area contributed by atoms with Gasteiger partial charge in [-0.2, -0.15) is 0 Å². The molecule has 3 fully saturated rings. The van der Waals surface area contributed by atoms with E-state index in [1.807, 2.05) is 12.1 Å². The minimum atomic E-state index is 0.143. The van der Waals surface area contributed by atoms with Crippen molar-refractivity contribution in [1.82, 2.24) is 9.88 Å². The van der Waals surface area contributed by atoms with Gasteiger partial charge >= 0.3 is 0 Å². The predicted molar refractivity (Wildman–Crippen MR) is 97.9 cm³/mol. The van der Waals surface area contributed by atoms with E-state index in [-0.39, 0.29) is 5.91 Å². The Kier molecular flexibility index (Phi) is 5.20. The van der Waals surface area contributed by atoms with Crippen LogP contribution in [-0.2, 0) is 4.74 Å². The third-order valence-corrected chi connectivity index (χ3v) is 5.65. The first-order valence-corrected chi connectivity index (χ1v) is 9.91. The lowest BCUT2D eigenvalue weighted by atomic mass is 10.1. The highest BCUT2D eigenvalue weighted by molar-refractivity contribution is 5.94. The maximum absolute atomic E-state index is 13.0. The van der Waals surface area contributed by atoms with E-state index in [0.717, 1.165) is 63.5 Å². The van der Waals surface area contributed by atoms with Gasteiger partial charge in [0, 0.05) is 44.4 Å². The molecule has 2 saturated heterocycles. The molecule has 2 aliphatic heterocycles. The zero-order valence-corrected chi connectivity index (χ0v) is 15.0. The summed E-state index contributed by atoms with van der Waals surface area (Å²) in [5.41, 5.74) is 0.726. The smallest absolute Gasteiger partial charge is 0.255 e. The monoisotopic (exact) mass is 343 g/mol. The van der Waals surface area contributed by atoms with Gasteiger partial charge in [0.05, 0.1) is 12.2 Å². The molecule has 136 valence electrons. The van der Waals surface area contributed by atoms with Gasteiger partial charge in [0.1, 0.15) is 5.82 Å². The molecule has 25 heavy (non-hydrogen) atoms. The number of carbonyl (C=O) groups is 1. The average molecular weight is 343 g/mol. The maximum Gasteiger partial charge on any atom is 0.255 e. The molecule has 1 aliphatic carbocycles. The number of aromatic nitrogens is 1. The van der Waals surface area contributed by atoms with Crippen molar-refractivity contribution < 1.29 is 9.53 Å². The lowest BCUT2D eigenvalue weighted by Crippen LogP contribution is -2.37. The van der Waals surface area contributed by atoms with E-state index in [9.17, 15) is 4.79 Å². The van der Waals surface area contributed by atoms with Crippen LogP contribution >= 0.6 is 0 Å². The van der Waals surface area contributed by atoms with Crippen LogP contribution in [0.1, 0.15) is 55.3 Å². The Balaban J connectivity index is 1.43. The van der Waals surface area contributed by atoms with E-state index in [4.69, 9.17) is 4.74 Å². The van der Waals surface area contributed by atoms with Crippen molar-refractivity contribution in [3.63, 3.8) is 0 Å². The lowest BCUT2D eigenvalue weighted by molar-refractivity contribution is 0.0706. The third-order valence-electron chi connectivity index (χ3n) is 5.65. The van der Waals surface area contributed by atoms with E-state index >= 15 is 0 Å². The summed E-state index contributed by atoms with van der Waals surface area (Å²) in [6, 6.07) is 4.43. The van der Waals surface area contributed by atoms with Crippen LogP contribution in [0, 0.1) is 5.92 Å². The topological polar surface area (TPSA) is 45.7 Å². The molecule has 3 heterocycles. The second-order valence-corrected chi connectivity index (χ2v) is 7.72. The van der Waals surface area contributed by atoms with Crippen LogP contribution in [0.25, 0.3) is 0 Å². The summed E-state index contributed by atoms with van der Waals surface area (Å²) in [5, 5.41) is 0. The van der Waals surface area contributed by atoms with Gasteiger partial charge in [-0.3, -0.25) is 4.79 Å². The van der Waals surface area contributed by atoms with E-state index in [2.05, 4.69) is 14.8 Å². The van der Waals surface area contributed by atoms with Crippen LogP contribution in [0.4, 0.5) is 5.82 Å². The Hall–Kier alpha value is -1.62. The number of hydrogen-bond acceptors (Lipinski definition) is 4. The molecule has 0 radical (unpaired) electrons. The van der Waals surface area contributed by atoms with Crippen LogP contribution in [0.5, 0.6) is 0 Å². The van der Waals surface area contributed by atoms with Crippen molar-refractivity contribution in [2.45, 2.75) is 51.0 Å². The van der Waals surface area contributed by atoms with E-state index in [1.165, 1.54) is 25.7 Å². The van der Waals surface area contributed by atoms with Crippen molar-refractivity contribution in [2.75, 3.05) is 37.7 Å². The summed E-state index contributed by atoms with van der Waals surface area (Å²) in [6.07, 6.45) is 10.2. The quantitative estimate of drug-likeness (QED) is 0.824.